The highest BCUT2D eigenvalue weighted by molar-refractivity contribution is 6.04. The van der Waals surface area contributed by atoms with Crippen LogP contribution in [0, 0.1) is 12.8 Å². The van der Waals surface area contributed by atoms with E-state index in [2.05, 4.69) is 15.2 Å². The van der Waals surface area contributed by atoms with Crippen molar-refractivity contribution in [2.45, 2.75) is 51.1 Å². The number of nitrogens with one attached hydrogen (secondary N) is 1. The molecule has 3 aliphatic rings. The van der Waals surface area contributed by atoms with Crippen molar-refractivity contribution in [3.8, 4) is 0 Å². The summed E-state index contributed by atoms with van der Waals surface area (Å²) >= 11 is 0. The summed E-state index contributed by atoms with van der Waals surface area (Å²) in [5.74, 6) is 1.84. The van der Waals surface area contributed by atoms with Gasteiger partial charge >= 0.3 is 0 Å². The molecule has 4 heteroatoms. The SMILES string of the molecule is Cc1ccnc2c1NC(=O)C1CC3CCCCC3N21. The highest BCUT2D eigenvalue weighted by Crippen LogP contribution is 2.46. The number of fused-ring (bicyclic) bond motifs is 5. The molecule has 3 unspecified atom stereocenters. The van der Waals surface area contributed by atoms with Crippen LogP contribution in [0.2, 0.25) is 0 Å². The summed E-state index contributed by atoms with van der Waals surface area (Å²) in [5.41, 5.74) is 2.03. The summed E-state index contributed by atoms with van der Waals surface area (Å²) in [4.78, 5) is 19.2. The number of aryl methyl sites for hydroxylation is 1. The van der Waals surface area contributed by atoms with Gasteiger partial charge in [-0.1, -0.05) is 12.8 Å². The van der Waals surface area contributed by atoms with E-state index in [0.717, 1.165) is 23.5 Å². The van der Waals surface area contributed by atoms with E-state index in [1.807, 2.05) is 19.2 Å². The molecule has 0 spiro atoms. The Morgan fingerprint density at radius 3 is 3.11 bits per heavy atom. The monoisotopic (exact) mass is 257 g/mol. The number of aromatic nitrogens is 1. The van der Waals surface area contributed by atoms with Crippen molar-refractivity contribution in [3.05, 3.63) is 17.8 Å². The van der Waals surface area contributed by atoms with Gasteiger partial charge < -0.3 is 10.2 Å². The van der Waals surface area contributed by atoms with Crippen molar-refractivity contribution in [1.29, 1.82) is 0 Å². The molecular formula is C15H19N3O. The van der Waals surface area contributed by atoms with Crippen LogP contribution in [-0.2, 0) is 4.79 Å². The van der Waals surface area contributed by atoms with Gasteiger partial charge in [0, 0.05) is 12.2 Å². The van der Waals surface area contributed by atoms with E-state index in [1.54, 1.807) is 0 Å². The quantitative estimate of drug-likeness (QED) is 0.776. The number of nitrogens with zero attached hydrogens (tertiary/aromatic N) is 2. The molecule has 1 aromatic heterocycles. The van der Waals surface area contributed by atoms with Crippen LogP contribution in [-0.4, -0.2) is 23.0 Å². The number of pyridine rings is 1. The molecular weight excluding hydrogens is 238 g/mol. The summed E-state index contributed by atoms with van der Waals surface area (Å²) in [7, 11) is 0. The summed E-state index contributed by atoms with van der Waals surface area (Å²) in [6.07, 6.45) is 7.95. The third-order valence-corrected chi connectivity index (χ3v) is 5.02. The Morgan fingerprint density at radius 2 is 2.21 bits per heavy atom. The number of rotatable bonds is 0. The lowest BCUT2D eigenvalue weighted by molar-refractivity contribution is -0.117. The van der Waals surface area contributed by atoms with Crippen LogP contribution in [0.15, 0.2) is 12.3 Å². The molecule has 4 nitrogen and oxygen atoms in total. The van der Waals surface area contributed by atoms with Crippen LogP contribution in [0.5, 0.6) is 0 Å². The predicted molar refractivity (Wildman–Crippen MR) is 74.2 cm³/mol. The van der Waals surface area contributed by atoms with E-state index < -0.39 is 0 Å². The fourth-order valence-corrected chi connectivity index (χ4v) is 4.10. The van der Waals surface area contributed by atoms with Gasteiger partial charge in [-0.15, -0.1) is 0 Å². The molecule has 2 aliphatic heterocycles. The van der Waals surface area contributed by atoms with Gasteiger partial charge in [-0.3, -0.25) is 4.79 Å². The molecule has 1 aliphatic carbocycles. The predicted octanol–water partition coefficient (Wildman–Crippen LogP) is 2.48. The van der Waals surface area contributed by atoms with E-state index in [9.17, 15) is 4.79 Å². The largest absolute Gasteiger partial charge is 0.340 e. The first-order valence-electron chi connectivity index (χ1n) is 7.30. The fourth-order valence-electron chi connectivity index (χ4n) is 4.10. The van der Waals surface area contributed by atoms with Crippen molar-refractivity contribution in [2.24, 2.45) is 5.92 Å². The van der Waals surface area contributed by atoms with Gasteiger partial charge in [0.1, 0.15) is 6.04 Å². The maximum Gasteiger partial charge on any atom is 0.247 e. The molecule has 0 bridgehead atoms. The first-order valence-corrected chi connectivity index (χ1v) is 7.30. The molecule has 0 radical (unpaired) electrons. The summed E-state index contributed by atoms with van der Waals surface area (Å²) in [5, 5.41) is 3.07. The zero-order valence-corrected chi connectivity index (χ0v) is 11.2. The molecule has 3 heterocycles. The standard InChI is InChI=1S/C15H19N3O/c1-9-6-7-16-14-13(9)17-15(19)12-8-10-4-2-3-5-11(10)18(12)14/h6-7,10-12H,2-5,8H2,1H3,(H,17,19). The molecule has 1 saturated heterocycles. The third-order valence-electron chi connectivity index (χ3n) is 5.02. The highest BCUT2D eigenvalue weighted by atomic mass is 16.2. The average molecular weight is 257 g/mol. The Morgan fingerprint density at radius 1 is 1.37 bits per heavy atom. The van der Waals surface area contributed by atoms with E-state index >= 15 is 0 Å². The van der Waals surface area contributed by atoms with Gasteiger partial charge in [0.2, 0.25) is 5.91 Å². The van der Waals surface area contributed by atoms with E-state index in [1.165, 1.54) is 25.7 Å². The lowest BCUT2D eigenvalue weighted by Gasteiger charge is -2.38. The van der Waals surface area contributed by atoms with Crippen molar-refractivity contribution < 1.29 is 4.79 Å². The molecule has 0 aromatic carbocycles. The first kappa shape index (κ1) is 11.3. The minimum absolute atomic E-state index is 0.00917. The molecule has 1 aromatic rings. The van der Waals surface area contributed by atoms with Crippen LogP contribution < -0.4 is 10.2 Å². The second kappa shape index (κ2) is 3.95. The molecule has 19 heavy (non-hydrogen) atoms. The van der Waals surface area contributed by atoms with Crippen LogP contribution in [0.3, 0.4) is 0 Å². The number of hydrogen-bond acceptors (Lipinski definition) is 3. The van der Waals surface area contributed by atoms with Gasteiger partial charge in [0.15, 0.2) is 5.82 Å². The van der Waals surface area contributed by atoms with E-state index in [-0.39, 0.29) is 11.9 Å². The van der Waals surface area contributed by atoms with Crippen molar-refractivity contribution in [1.82, 2.24) is 4.98 Å². The maximum atomic E-state index is 12.4. The van der Waals surface area contributed by atoms with Gasteiger partial charge in [-0.25, -0.2) is 4.98 Å². The lowest BCUT2D eigenvalue weighted by Crippen LogP contribution is -2.48. The minimum atomic E-state index is 0.00917. The Balaban J connectivity index is 1.83. The fraction of sp³-hybridized carbons (Fsp3) is 0.600. The van der Waals surface area contributed by atoms with Gasteiger partial charge in [0.05, 0.1) is 5.69 Å². The maximum absolute atomic E-state index is 12.4. The third kappa shape index (κ3) is 1.52. The van der Waals surface area contributed by atoms with Crippen molar-refractivity contribution in [3.63, 3.8) is 0 Å². The molecule has 1 saturated carbocycles. The van der Waals surface area contributed by atoms with Gasteiger partial charge in [0.25, 0.3) is 0 Å². The zero-order chi connectivity index (χ0) is 13.0. The van der Waals surface area contributed by atoms with E-state index in [0.29, 0.717) is 12.0 Å². The Hall–Kier alpha value is -1.58. The Kier molecular flexibility index (Phi) is 2.34. The van der Waals surface area contributed by atoms with Crippen molar-refractivity contribution >= 4 is 17.4 Å². The van der Waals surface area contributed by atoms with Crippen LogP contribution in [0.1, 0.15) is 37.7 Å². The average Bonchev–Trinajstić information content (AvgIpc) is 2.81. The Bertz CT molecular complexity index is 542. The van der Waals surface area contributed by atoms with Gasteiger partial charge in [-0.2, -0.15) is 0 Å². The number of carbonyl (C=O) groups is 1. The van der Waals surface area contributed by atoms with Crippen LogP contribution in [0.4, 0.5) is 11.5 Å². The smallest absolute Gasteiger partial charge is 0.247 e. The second-order valence-corrected chi connectivity index (χ2v) is 6.09. The lowest BCUT2D eigenvalue weighted by atomic mass is 9.85. The minimum Gasteiger partial charge on any atom is -0.340 e. The first-order chi connectivity index (χ1) is 9.25. The summed E-state index contributed by atoms with van der Waals surface area (Å²) in [6.45, 7) is 2.04. The topological polar surface area (TPSA) is 45.2 Å². The Labute approximate surface area is 113 Å². The number of amides is 1. The number of anilines is 2. The normalized spacial score (nSPS) is 32.4. The molecule has 100 valence electrons. The van der Waals surface area contributed by atoms with Crippen LogP contribution in [0.25, 0.3) is 0 Å². The zero-order valence-electron chi connectivity index (χ0n) is 11.2. The molecule has 1 amide bonds. The van der Waals surface area contributed by atoms with Gasteiger partial charge in [-0.05, 0) is 43.7 Å². The molecule has 1 N–H and O–H groups in total. The van der Waals surface area contributed by atoms with Crippen molar-refractivity contribution in [2.75, 3.05) is 10.2 Å². The number of hydrogen-bond donors (Lipinski definition) is 1. The molecule has 3 atom stereocenters. The summed E-state index contributed by atoms with van der Waals surface area (Å²) < 4.78 is 0. The molecule has 2 fully saturated rings. The van der Waals surface area contributed by atoms with E-state index in [4.69, 9.17) is 0 Å². The summed E-state index contributed by atoms with van der Waals surface area (Å²) in [6, 6.07) is 2.50. The molecule has 4 rings (SSSR count). The second-order valence-electron chi connectivity index (χ2n) is 6.09. The number of carbonyl (C=O) groups excluding carboxylic acids is 1. The van der Waals surface area contributed by atoms with Crippen LogP contribution >= 0.6 is 0 Å². The highest BCUT2D eigenvalue weighted by Gasteiger charge is 2.48.